The van der Waals surface area contributed by atoms with Gasteiger partial charge in [0.2, 0.25) is 0 Å². The van der Waals surface area contributed by atoms with Crippen LogP contribution in [-0.2, 0) is 10.0 Å². The van der Waals surface area contributed by atoms with Crippen LogP contribution in [0.3, 0.4) is 0 Å². The van der Waals surface area contributed by atoms with E-state index < -0.39 is 10.0 Å². The fraction of sp³-hybridized carbons (Fsp3) is 0.286. The van der Waals surface area contributed by atoms with Gasteiger partial charge in [-0.15, -0.1) is 11.3 Å². The van der Waals surface area contributed by atoms with Crippen molar-refractivity contribution in [1.29, 1.82) is 0 Å². The lowest BCUT2D eigenvalue weighted by atomic mass is 10.3. The lowest BCUT2D eigenvalue weighted by Crippen LogP contribution is -2.11. The van der Waals surface area contributed by atoms with Gasteiger partial charge in [-0.2, -0.15) is 0 Å². The summed E-state index contributed by atoms with van der Waals surface area (Å²) in [7, 11) is -3.55. The minimum absolute atomic E-state index is 0.273. The number of rotatable bonds is 7. The number of hydrogen-bond acceptors (Lipinski definition) is 5. The van der Waals surface area contributed by atoms with Gasteiger partial charge in [-0.3, -0.25) is 4.72 Å². The zero-order valence-corrected chi connectivity index (χ0v) is 13.5. The first-order chi connectivity index (χ1) is 10.1. The molecule has 0 aliphatic heterocycles. The van der Waals surface area contributed by atoms with Gasteiger partial charge in [-0.1, -0.05) is 6.07 Å². The van der Waals surface area contributed by atoms with Gasteiger partial charge >= 0.3 is 0 Å². The second kappa shape index (κ2) is 6.82. The zero-order valence-electron chi connectivity index (χ0n) is 11.8. The summed E-state index contributed by atoms with van der Waals surface area (Å²) >= 11 is 1.17. The van der Waals surface area contributed by atoms with Gasteiger partial charge in [0.25, 0.3) is 10.0 Å². The molecule has 0 unspecified atom stereocenters. The molecule has 2 aromatic rings. The third kappa shape index (κ3) is 3.89. The number of benzene rings is 1. The number of anilines is 1. The molecule has 1 aromatic carbocycles. The maximum Gasteiger partial charge on any atom is 0.271 e. The maximum absolute atomic E-state index is 12.2. The molecule has 0 fully saturated rings. The van der Waals surface area contributed by atoms with E-state index in [1.54, 1.807) is 35.7 Å². The predicted molar refractivity (Wildman–Crippen MR) is 83.9 cm³/mol. The van der Waals surface area contributed by atoms with E-state index in [1.165, 1.54) is 11.3 Å². The van der Waals surface area contributed by atoms with Crippen molar-refractivity contribution in [2.45, 2.75) is 18.1 Å². The fourth-order valence-corrected chi connectivity index (χ4v) is 3.78. The van der Waals surface area contributed by atoms with E-state index in [-0.39, 0.29) is 4.21 Å². The number of nitrogens with one attached hydrogen (secondary N) is 1. The Hall–Kier alpha value is -1.73. The minimum atomic E-state index is -3.55. The van der Waals surface area contributed by atoms with Crippen LogP contribution in [0, 0.1) is 0 Å². The SMILES string of the molecule is CCOc1ccc(NS(=O)(=O)c2cccs2)cc1OCC. The van der Waals surface area contributed by atoms with Crippen LogP contribution in [-0.4, -0.2) is 21.6 Å². The van der Waals surface area contributed by atoms with E-state index in [1.807, 2.05) is 13.8 Å². The molecule has 0 aliphatic carbocycles. The Morgan fingerprint density at radius 1 is 1.10 bits per heavy atom. The van der Waals surface area contributed by atoms with Gasteiger partial charge in [0.15, 0.2) is 11.5 Å². The van der Waals surface area contributed by atoms with Crippen LogP contribution < -0.4 is 14.2 Å². The van der Waals surface area contributed by atoms with E-state index >= 15 is 0 Å². The third-order valence-electron chi connectivity index (χ3n) is 2.56. The van der Waals surface area contributed by atoms with E-state index in [4.69, 9.17) is 9.47 Å². The molecule has 0 amide bonds. The summed E-state index contributed by atoms with van der Waals surface area (Å²) in [5.74, 6) is 1.11. The molecule has 1 N–H and O–H groups in total. The number of thiophene rings is 1. The fourth-order valence-electron chi connectivity index (χ4n) is 1.74. The molecule has 1 aromatic heterocycles. The zero-order chi connectivity index (χ0) is 15.3. The Kier molecular flexibility index (Phi) is 5.08. The van der Waals surface area contributed by atoms with Gasteiger partial charge in [0.1, 0.15) is 4.21 Å². The smallest absolute Gasteiger partial charge is 0.271 e. The summed E-state index contributed by atoms with van der Waals surface area (Å²) in [6, 6.07) is 8.23. The van der Waals surface area contributed by atoms with Crippen LogP contribution in [0.2, 0.25) is 0 Å². The molecule has 21 heavy (non-hydrogen) atoms. The molecule has 0 radical (unpaired) electrons. The molecular formula is C14H17NO4S2. The lowest BCUT2D eigenvalue weighted by molar-refractivity contribution is 0.288. The molecule has 1 heterocycles. The van der Waals surface area contributed by atoms with Crippen molar-refractivity contribution in [1.82, 2.24) is 0 Å². The van der Waals surface area contributed by atoms with Gasteiger partial charge in [-0.05, 0) is 37.4 Å². The van der Waals surface area contributed by atoms with Crippen LogP contribution in [0.4, 0.5) is 5.69 Å². The second-order valence-electron chi connectivity index (χ2n) is 4.07. The second-order valence-corrected chi connectivity index (χ2v) is 6.92. The van der Waals surface area contributed by atoms with E-state index in [2.05, 4.69) is 4.72 Å². The van der Waals surface area contributed by atoms with Crippen molar-refractivity contribution in [3.63, 3.8) is 0 Å². The van der Waals surface area contributed by atoms with Crippen molar-refractivity contribution in [3.8, 4) is 11.5 Å². The highest BCUT2D eigenvalue weighted by Gasteiger charge is 2.16. The predicted octanol–water partition coefficient (Wildman–Crippen LogP) is 3.35. The summed E-state index contributed by atoms with van der Waals surface area (Å²) in [5.41, 5.74) is 0.440. The topological polar surface area (TPSA) is 64.6 Å². The molecule has 2 rings (SSSR count). The molecule has 5 nitrogen and oxygen atoms in total. The molecule has 0 spiro atoms. The van der Waals surface area contributed by atoms with Crippen molar-refractivity contribution in [2.24, 2.45) is 0 Å². The normalized spacial score (nSPS) is 11.1. The Morgan fingerprint density at radius 2 is 1.81 bits per heavy atom. The molecule has 114 valence electrons. The van der Waals surface area contributed by atoms with Gasteiger partial charge in [0, 0.05) is 6.07 Å². The Bertz CT molecular complexity index is 681. The average molecular weight is 327 g/mol. The molecule has 0 saturated heterocycles. The van der Waals surface area contributed by atoms with Crippen molar-refractivity contribution in [3.05, 3.63) is 35.7 Å². The summed E-state index contributed by atoms with van der Waals surface area (Å²) in [5, 5.41) is 1.72. The standard InChI is InChI=1S/C14H17NO4S2/c1-3-18-12-8-7-11(10-13(12)19-4-2)15-21(16,17)14-6-5-9-20-14/h5-10,15H,3-4H2,1-2H3. The molecule has 0 bridgehead atoms. The van der Waals surface area contributed by atoms with E-state index in [9.17, 15) is 8.42 Å². The van der Waals surface area contributed by atoms with Crippen LogP contribution in [0.1, 0.15) is 13.8 Å². The Balaban J connectivity index is 2.26. The minimum Gasteiger partial charge on any atom is -0.490 e. The Morgan fingerprint density at radius 3 is 2.43 bits per heavy atom. The van der Waals surface area contributed by atoms with Gasteiger partial charge in [-0.25, -0.2) is 8.42 Å². The monoisotopic (exact) mass is 327 g/mol. The largest absolute Gasteiger partial charge is 0.490 e. The van der Waals surface area contributed by atoms with Gasteiger partial charge < -0.3 is 9.47 Å². The Labute approximate surface area is 128 Å². The van der Waals surface area contributed by atoms with Crippen LogP contribution in [0.25, 0.3) is 0 Å². The van der Waals surface area contributed by atoms with Crippen molar-refractivity contribution in [2.75, 3.05) is 17.9 Å². The quantitative estimate of drug-likeness (QED) is 0.847. The number of sulfonamides is 1. The molecule has 7 heteroatoms. The maximum atomic E-state index is 12.2. The third-order valence-corrected chi connectivity index (χ3v) is 5.33. The van der Waals surface area contributed by atoms with Crippen molar-refractivity contribution < 1.29 is 17.9 Å². The highest BCUT2D eigenvalue weighted by molar-refractivity contribution is 7.94. The lowest BCUT2D eigenvalue weighted by Gasteiger charge is -2.13. The number of hydrogen-bond donors (Lipinski definition) is 1. The van der Waals surface area contributed by atoms with Gasteiger partial charge in [0.05, 0.1) is 18.9 Å². The van der Waals surface area contributed by atoms with Crippen LogP contribution in [0.15, 0.2) is 39.9 Å². The first kappa shape index (κ1) is 15.7. The van der Waals surface area contributed by atoms with E-state index in [0.717, 1.165) is 0 Å². The highest BCUT2D eigenvalue weighted by atomic mass is 32.2. The van der Waals surface area contributed by atoms with Crippen LogP contribution >= 0.6 is 11.3 Å². The molecule has 0 saturated carbocycles. The highest BCUT2D eigenvalue weighted by Crippen LogP contribution is 2.31. The van der Waals surface area contributed by atoms with Crippen molar-refractivity contribution >= 4 is 27.0 Å². The average Bonchev–Trinajstić information content (AvgIpc) is 2.97. The summed E-state index contributed by atoms with van der Waals surface area (Å²) < 4.78 is 38.1. The summed E-state index contributed by atoms with van der Waals surface area (Å²) in [4.78, 5) is 0. The molecule has 0 atom stereocenters. The summed E-state index contributed by atoms with van der Waals surface area (Å²) in [6.07, 6.45) is 0. The molecular weight excluding hydrogens is 310 g/mol. The first-order valence-electron chi connectivity index (χ1n) is 6.52. The van der Waals surface area contributed by atoms with E-state index in [0.29, 0.717) is 30.4 Å². The van der Waals surface area contributed by atoms with Crippen LogP contribution in [0.5, 0.6) is 11.5 Å². The molecule has 0 aliphatic rings. The summed E-state index contributed by atoms with van der Waals surface area (Å²) in [6.45, 7) is 4.73. The first-order valence-corrected chi connectivity index (χ1v) is 8.89. The number of ether oxygens (including phenoxy) is 2.